The van der Waals surface area contributed by atoms with Gasteiger partial charge in [0.05, 0.1) is 5.02 Å². The van der Waals surface area contributed by atoms with Crippen molar-refractivity contribution >= 4 is 21.6 Å². The Kier molecular flexibility index (Phi) is 4.78. The standard InChI is InChI=1S/C12H16ClFN2O2S/c13-10-5-3-6-11(12(10)14)19(17,18)16-9-4-1-2-7-15-8-9/h3,5-6,9,15-16H,1-2,4,7-8H2. The van der Waals surface area contributed by atoms with Crippen LogP contribution >= 0.6 is 11.6 Å². The van der Waals surface area contributed by atoms with Gasteiger partial charge in [0.1, 0.15) is 4.90 Å². The van der Waals surface area contributed by atoms with E-state index in [0.29, 0.717) is 6.54 Å². The molecule has 0 aliphatic carbocycles. The number of halogens is 2. The summed E-state index contributed by atoms with van der Waals surface area (Å²) >= 11 is 5.61. The minimum atomic E-state index is -3.88. The van der Waals surface area contributed by atoms with Crippen molar-refractivity contribution in [2.75, 3.05) is 13.1 Å². The first kappa shape index (κ1) is 14.7. The van der Waals surface area contributed by atoms with Gasteiger partial charge in [0.25, 0.3) is 0 Å². The Labute approximate surface area is 117 Å². The minimum absolute atomic E-state index is 0.193. The van der Waals surface area contributed by atoms with E-state index in [0.717, 1.165) is 25.8 Å². The van der Waals surface area contributed by atoms with Crippen molar-refractivity contribution in [1.29, 1.82) is 0 Å². The third-order valence-electron chi connectivity index (χ3n) is 3.07. The molecule has 106 valence electrons. The van der Waals surface area contributed by atoms with Gasteiger partial charge in [-0.05, 0) is 31.5 Å². The smallest absolute Gasteiger partial charge is 0.243 e. The van der Waals surface area contributed by atoms with Crippen molar-refractivity contribution in [3.05, 3.63) is 29.0 Å². The first-order chi connectivity index (χ1) is 9.00. The van der Waals surface area contributed by atoms with E-state index in [2.05, 4.69) is 10.0 Å². The van der Waals surface area contributed by atoms with Crippen molar-refractivity contribution in [2.24, 2.45) is 0 Å². The Morgan fingerprint density at radius 2 is 2.16 bits per heavy atom. The summed E-state index contributed by atoms with van der Waals surface area (Å²) in [6, 6.07) is 3.74. The third-order valence-corrected chi connectivity index (χ3v) is 4.90. The summed E-state index contributed by atoms with van der Waals surface area (Å²) in [4.78, 5) is -0.399. The molecule has 2 N–H and O–H groups in total. The summed E-state index contributed by atoms with van der Waals surface area (Å²) in [6.45, 7) is 1.44. The Hall–Kier alpha value is -0.690. The van der Waals surface area contributed by atoms with Gasteiger partial charge < -0.3 is 5.32 Å². The van der Waals surface area contributed by atoms with Crippen LogP contribution in [0.15, 0.2) is 23.1 Å². The molecule has 4 nitrogen and oxygen atoms in total. The van der Waals surface area contributed by atoms with Crippen molar-refractivity contribution < 1.29 is 12.8 Å². The van der Waals surface area contributed by atoms with E-state index in [1.54, 1.807) is 0 Å². The second-order valence-electron chi connectivity index (χ2n) is 4.57. The Bertz CT molecular complexity index is 543. The summed E-state index contributed by atoms with van der Waals surface area (Å²) < 4.78 is 40.6. The van der Waals surface area contributed by atoms with E-state index in [4.69, 9.17) is 11.6 Å². The van der Waals surface area contributed by atoms with Crippen LogP contribution in [0.5, 0.6) is 0 Å². The number of rotatable bonds is 3. The highest BCUT2D eigenvalue weighted by molar-refractivity contribution is 7.89. The zero-order valence-corrected chi connectivity index (χ0v) is 11.9. The number of hydrogen-bond donors (Lipinski definition) is 2. The van der Waals surface area contributed by atoms with Gasteiger partial charge in [-0.15, -0.1) is 0 Å². The van der Waals surface area contributed by atoms with Crippen LogP contribution in [0.2, 0.25) is 5.02 Å². The van der Waals surface area contributed by atoms with Gasteiger partial charge in [0.2, 0.25) is 10.0 Å². The van der Waals surface area contributed by atoms with Gasteiger partial charge in [-0.2, -0.15) is 0 Å². The summed E-state index contributed by atoms with van der Waals surface area (Å²) in [7, 11) is -3.88. The average Bonchev–Trinajstić information content (AvgIpc) is 2.60. The van der Waals surface area contributed by atoms with Crippen molar-refractivity contribution in [3.8, 4) is 0 Å². The predicted octanol–water partition coefficient (Wildman–Crippen LogP) is 1.90. The van der Waals surface area contributed by atoms with Gasteiger partial charge in [-0.1, -0.05) is 24.1 Å². The van der Waals surface area contributed by atoms with Crippen LogP contribution in [-0.4, -0.2) is 27.5 Å². The largest absolute Gasteiger partial charge is 0.315 e. The summed E-state index contributed by atoms with van der Waals surface area (Å²) in [5.41, 5.74) is 0. The summed E-state index contributed by atoms with van der Waals surface area (Å²) in [5, 5.41) is 2.96. The summed E-state index contributed by atoms with van der Waals surface area (Å²) in [5.74, 6) is -0.904. The molecule has 0 spiro atoms. The third kappa shape index (κ3) is 3.66. The molecule has 1 aromatic rings. The zero-order chi connectivity index (χ0) is 13.9. The normalized spacial score (nSPS) is 21.1. The fourth-order valence-electron chi connectivity index (χ4n) is 2.09. The van der Waals surface area contributed by atoms with Crippen LogP contribution in [0.4, 0.5) is 4.39 Å². The number of sulfonamides is 1. The predicted molar refractivity (Wildman–Crippen MR) is 72.2 cm³/mol. The van der Waals surface area contributed by atoms with Gasteiger partial charge in [0, 0.05) is 12.6 Å². The molecule has 0 bridgehead atoms. The lowest BCUT2D eigenvalue weighted by Crippen LogP contribution is -2.41. The quantitative estimate of drug-likeness (QED) is 0.897. The van der Waals surface area contributed by atoms with Gasteiger partial charge in [-0.25, -0.2) is 17.5 Å². The lowest BCUT2D eigenvalue weighted by atomic mass is 10.2. The highest BCUT2D eigenvalue weighted by atomic mass is 35.5. The average molecular weight is 307 g/mol. The highest BCUT2D eigenvalue weighted by Gasteiger charge is 2.24. The highest BCUT2D eigenvalue weighted by Crippen LogP contribution is 2.22. The number of benzene rings is 1. The fraction of sp³-hybridized carbons (Fsp3) is 0.500. The lowest BCUT2D eigenvalue weighted by Gasteiger charge is -2.17. The van der Waals surface area contributed by atoms with Crippen LogP contribution in [0, 0.1) is 5.82 Å². The van der Waals surface area contributed by atoms with Crippen LogP contribution in [-0.2, 0) is 10.0 Å². The number of nitrogens with one attached hydrogen (secondary N) is 2. The summed E-state index contributed by atoms with van der Waals surface area (Å²) in [6.07, 6.45) is 2.70. The minimum Gasteiger partial charge on any atom is -0.315 e. The van der Waals surface area contributed by atoms with Crippen LogP contribution in [0.1, 0.15) is 19.3 Å². The van der Waals surface area contributed by atoms with E-state index < -0.39 is 20.7 Å². The zero-order valence-electron chi connectivity index (χ0n) is 10.3. The molecular formula is C12H16ClFN2O2S. The molecule has 2 rings (SSSR count). The van der Waals surface area contributed by atoms with E-state index in [-0.39, 0.29) is 11.1 Å². The molecule has 7 heteroatoms. The molecule has 1 aromatic carbocycles. The molecule has 0 amide bonds. The van der Waals surface area contributed by atoms with Crippen molar-refractivity contribution in [2.45, 2.75) is 30.2 Å². The molecule has 0 saturated carbocycles. The SMILES string of the molecule is O=S(=O)(NC1CCCCNC1)c1cccc(Cl)c1F. The van der Waals surface area contributed by atoms with E-state index in [9.17, 15) is 12.8 Å². The molecule has 19 heavy (non-hydrogen) atoms. The Morgan fingerprint density at radius 3 is 2.95 bits per heavy atom. The Morgan fingerprint density at radius 1 is 1.37 bits per heavy atom. The second-order valence-corrected chi connectivity index (χ2v) is 6.66. The van der Waals surface area contributed by atoms with Crippen LogP contribution in [0.3, 0.4) is 0 Å². The van der Waals surface area contributed by atoms with E-state index >= 15 is 0 Å². The molecule has 1 aliphatic heterocycles. The van der Waals surface area contributed by atoms with Gasteiger partial charge >= 0.3 is 0 Å². The van der Waals surface area contributed by atoms with Gasteiger partial charge in [0.15, 0.2) is 5.82 Å². The topological polar surface area (TPSA) is 58.2 Å². The molecule has 1 heterocycles. The molecule has 1 fully saturated rings. The first-order valence-corrected chi connectivity index (χ1v) is 8.04. The van der Waals surface area contributed by atoms with Crippen LogP contribution < -0.4 is 10.0 Å². The molecular weight excluding hydrogens is 291 g/mol. The molecule has 1 atom stereocenters. The second kappa shape index (κ2) is 6.17. The maximum absolute atomic E-state index is 13.8. The van der Waals surface area contributed by atoms with Gasteiger partial charge in [-0.3, -0.25) is 0 Å². The molecule has 0 aromatic heterocycles. The fourth-order valence-corrected chi connectivity index (χ4v) is 3.70. The van der Waals surface area contributed by atoms with Crippen LogP contribution in [0.25, 0.3) is 0 Å². The van der Waals surface area contributed by atoms with E-state index in [1.165, 1.54) is 18.2 Å². The molecule has 1 aliphatic rings. The molecule has 1 saturated heterocycles. The number of hydrogen-bond acceptors (Lipinski definition) is 3. The van der Waals surface area contributed by atoms with Crippen molar-refractivity contribution in [1.82, 2.24) is 10.0 Å². The maximum atomic E-state index is 13.8. The van der Waals surface area contributed by atoms with E-state index in [1.807, 2.05) is 0 Å². The van der Waals surface area contributed by atoms with Crippen molar-refractivity contribution in [3.63, 3.8) is 0 Å². The Balaban J connectivity index is 2.19. The molecule has 0 radical (unpaired) electrons. The first-order valence-electron chi connectivity index (χ1n) is 6.18. The molecule has 1 unspecified atom stereocenters. The maximum Gasteiger partial charge on any atom is 0.243 e. The monoisotopic (exact) mass is 306 g/mol. The lowest BCUT2D eigenvalue weighted by molar-refractivity contribution is 0.513.